The first kappa shape index (κ1) is 119. The van der Waals surface area contributed by atoms with E-state index in [1.54, 1.807) is 0 Å². The van der Waals surface area contributed by atoms with E-state index in [9.17, 15) is 149 Å². The number of aliphatic carboxylic acids is 4. The Labute approximate surface area is 773 Å². The van der Waals surface area contributed by atoms with Crippen LogP contribution in [0.1, 0.15) is 247 Å². The minimum Gasteiger partial charge on any atom is -0.477 e. The molecule has 26 atom stereocenters. The number of aliphatic hydroxyl groups excluding tert-OH is 14. The van der Waals surface area contributed by atoms with E-state index in [2.05, 4.69) is 35.1 Å². The predicted octanol–water partition coefficient (Wildman–Crippen LogP) is -1.48. The molecule has 0 spiro atoms. The van der Waals surface area contributed by atoms with Crippen molar-refractivity contribution in [2.75, 3.05) is 79.1 Å². The van der Waals surface area contributed by atoms with Crippen LogP contribution in [-0.2, 0) is 109 Å². The fourth-order valence-corrected chi connectivity index (χ4v) is 17.2. The van der Waals surface area contributed by atoms with Gasteiger partial charge in [-0.1, -0.05) is 168 Å². The molecule has 48 heteroatoms. The van der Waals surface area contributed by atoms with Gasteiger partial charge in [0.2, 0.25) is 23.6 Å². The van der Waals surface area contributed by atoms with E-state index < -0.39 is 323 Å². The molecule has 0 aromatic heterocycles. The van der Waals surface area contributed by atoms with E-state index in [-0.39, 0.29) is 12.8 Å². The Morgan fingerprint density at radius 1 is 0.383 bits per heavy atom. The minimum absolute atomic E-state index is 0.000948. The summed E-state index contributed by atoms with van der Waals surface area (Å²) >= 11 is 0. The number of hydrogen-bond donors (Lipinski definition) is 23. The van der Waals surface area contributed by atoms with Crippen LogP contribution in [0.3, 0.4) is 0 Å². The van der Waals surface area contributed by atoms with Gasteiger partial charge in [0, 0.05) is 85.9 Å². The van der Waals surface area contributed by atoms with Crippen molar-refractivity contribution in [2.24, 2.45) is 0 Å². The Hall–Kier alpha value is -6.11. The maximum atomic E-state index is 14.0. The third kappa shape index (κ3) is 39.2. The molecule has 133 heavy (non-hydrogen) atoms. The molecule has 4 heterocycles. The van der Waals surface area contributed by atoms with Crippen molar-refractivity contribution in [3.8, 4) is 0 Å². The number of rotatable bonds is 70. The van der Waals surface area contributed by atoms with E-state index in [0.29, 0.717) is 19.3 Å². The molecule has 1 unspecified atom stereocenters. The summed E-state index contributed by atoms with van der Waals surface area (Å²) in [6.45, 7) is -3.87. The van der Waals surface area contributed by atoms with Gasteiger partial charge in [0.05, 0.1) is 101 Å². The third-order valence-corrected chi connectivity index (χ3v) is 24.6. The molecular formula is C85H150N5O42P. The molecule has 4 aliphatic rings. The predicted molar refractivity (Wildman–Crippen MR) is 460 cm³/mol. The zero-order valence-corrected chi connectivity index (χ0v) is 77.9. The topological polar surface area (TPSA) is 734 Å². The van der Waals surface area contributed by atoms with Crippen molar-refractivity contribution >= 4 is 67.3 Å². The number of hydrogen-bond acceptors (Lipinski definition) is 38. The summed E-state index contributed by atoms with van der Waals surface area (Å²) in [6, 6.07) is -7.40. The molecule has 23 N–H and O–H groups in total. The Kier molecular flexibility index (Phi) is 54.4. The van der Waals surface area contributed by atoms with Crippen LogP contribution in [0.4, 0.5) is 0 Å². The highest BCUT2D eigenvalue weighted by molar-refractivity contribution is 7.47. The number of carbonyl (C=O) groups excluding carboxylic acids is 6. The molecule has 47 nitrogen and oxygen atoms in total. The number of nitrogens with one attached hydrogen (secondary N) is 4. The number of carboxylic acids is 4. The van der Waals surface area contributed by atoms with Crippen LogP contribution in [0, 0.1) is 0 Å². The third-order valence-electron chi connectivity index (χ3n) is 23.7. The number of phosphoric acid groups is 1. The van der Waals surface area contributed by atoms with Gasteiger partial charge in [0.25, 0.3) is 23.1 Å². The summed E-state index contributed by atoms with van der Waals surface area (Å²) < 4.78 is 82.3. The van der Waals surface area contributed by atoms with Crippen LogP contribution in [0.5, 0.6) is 0 Å². The van der Waals surface area contributed by atoms with Crippen molar-refractivity contribution in [1.82, 2.24) is 26.2 Å². The van der Waals surface area contributed by atoms with Crippen molar-refractivity contribution in [2.45, 2.75) is 398 Å². The number of esters is 2. The molecule has 4 fully saturated rings. The lowest BCUT2D eigenvalue weighted by atomic mass is 9.87. The van der Waals surface area contributed by atoms with Gasteiger partial charge in [0.15, 0.2) is 6.10 Å². The van der Waals surface area contributed by atoms with Crippen LogP contribution in [0.2, 0.25) is 0 Å². The molecule has 0 aromatic carbocycles. The van der Waals surface area contributed by atoms with Gasteiger partial charge < -0.3 is 165 Å². The van der Waals surface area contributed by atoms with Crippen molar-refractivity contribution in [3.05, 3.63) is 0 Å². The van der Waals surface area contributed by atoms with Gasteiger partial charge in [-0.2, -0.15) is 0 Å². The molecule has 0 radical (unpaired) electrons. The zero-order chi connectivity index (χ0) is 99.4. The summed E-state index contributed by atoms with van der Waals surface area (Å²) in [6.07, 6.45) is -16.2. The van der Waals surface area contributed by atoms with Crippen LogP contribution < -0.4 is 21.3 Å². The number of nitrogens with zero attached hydrogens (tertiary/aromatic N) is 1. The molecular weight excluding hydrogens is 1790 g/mol. The summed E-state index contributed by atoms with van der Waals surface area (Å²) in [4.78, 5) is 143. The highest BCUT2D eigenvalue weighted by atomic mass is 31.2. The number of carboxylic acid groups (broad SMARTS) is 4. The quantitative estimate of drug-likeness (QED) is 0.0188. The van der Waals surface area contributed by atoms with Gasteiger partial charge in [-0.05, 0) is 12.8 Å². The van der Waals surface area contributed by atoms with E-state index in [4.69, 9.17) is 56.4 Å². The van der Waals surface area contributed by atoms with Gasteiger partial charge in [-0.3, -0.25) is 42.7 Å². The van der Waals surface area contributed by atoms with E-state index in [0.717, 1.165) is 103 Å². The van der Waals surface area contributed by atoms with Crippen LogP contribution in [0.25, 0.3) is 0 Å². The number of amides is 4. The van der Waals surface area contributed by atoms with Crippen molar-refractivity contribution < 1.29 is 206 Å². The van der Waals surface area contributed by atoms with E-state index >= 15 is 0 Å². The molecule has 4 aliphatic heterocycles. The zero-order valence-electron chi connectivity index (χ0n) is 77.0. The fraction of sp³-hybridized carbons (Fsp3) is 0.882. The molecule has 0 aliphatic carbocycles. The van der Waals surface area contributed by atoms with E-state index in [1.807, 2.05) is 0 Å². The Morgan fingerprint density at radius 2 is 0.662 bits per heavy atom. The maximum Gasteiger partial charge on any atom is 0.472 e. The maximum absolute atomic E-state index is 14.0. The highest BCUT2D eigenvalue weighted by Gasteiger charge is 2.63. The molecule has 0 saturated carbocycles. The molecule has 772 valence electrons. The van der Waals surface area contributed by atoms with Gasteiger partial charge >= 0.3 is 43.6 Å². The molecule has 4 saturated heterocycles. The SMILES string of the molecule is CCCCCCCCCCCCCCCC(=O)OC[C@H](COP(=O)(O)OCCN(CCO[C@]1(C(=O)O)C[C@H](O)[C@@H](NC(C)=O)[C@H]([C@H](O)[C@@H](CO)O[C@]2(C(=O)O)C[C@H](O)[C@@H](NC(C)=O)[C@H]([C@@H](O)[C@H](O)CO)O2)O1)CCO[C@]1(C(=O)O)C[C@H](O)[C@@H](NC(C)=O)[C@H]([C@H](O)[C@@H](CO)O[C@]2(C(=O)O)C[C@H](O)[C@@H](NC(C)=O)[C@H]([C@@H](O)[C@H](O)CO)O2)O1)OC(=O)CCCCCCCCCCCCCCC. The minimum atomic E-state index is -5.36. The van der Waals surface area contributed by atoms with E-state index in [1.165, 1.54) is 77.0 Å². The summed E-state index contributed by atoms with van der Waals surface area (Å²) in [5, 5.41) is 208. The second-order valence-electron chi connectivity index (χ2n) is 34.6. The normalized spacial score (nSPS) is 28.1. The number of aliphatic hydroxyl groups is 14. The average molecular weight is 1950 g/mol. The number of ether oxygens (including phenoxy) is 10. The second kappa shape index (κ2) is 60.7. The largest absolute Gasteiger partial charge is 0.477 e. The first-order valence-electron chi connectivity index (χ1n) is 46.2. The van der Waals surface area contributed by atoms with Crippen molar-refractivity contribution in [1.29, 1.82) is 0 Å². The van der Waals surface area contributed by atoms with Crippen molar-refractivity contribution in [3.63, 3.8) is 0 Å². The molecule has 0 bridgehead atoms. The number of phosphoric ester groups is 1. The lowest BCUT2D eigenvalue weighted by Gasteiger charge is -2.49. The van der Waals surface area contributed by atoms with Gasteiger partial charge in [0.1, 0.15) is 79.9 Å². The number of carbonyl (C=O) groups is 10. The van der Waals surface area contributed by atoms with Gasteiger partial charge in [-0.15, -0.1) is 0 Å². The lowest BCUT2D eigenvalue weighted by Crippen LogP contribution is -2.70. The molecule has 0 aromatic rings. The Morgan fingerprint density at radius 3 is 0.955 bits per heavy atom. The summed E-state index contributed by atoms with van der Waals surface area (Å²) in [5.74, 6) is -26.8. The smallest absolute Gasteiger partial charge is 0.472 e. The second-order valence-corrected chi connectivity index (χ2v) is 36.1. The summed E-state index contributed by atoms with van der Waals surface area (Å²) in [5.41, 5.74) is 0. The standard InChI is InChI=1S/C85H150N5O42P/c1-7-9-11-13-15-17-19-21-23-25-27-29-31-33-64(105)121-49-55(126-65(106)34-32-30-28-26-24-22-20-18-16-14-12-10-8-2)50-125-133(119,120)124-40-37-90(35-38-122-82(78(111)112)41-56(99)68(88-53(5)97)76(129-82)72(109)62(47-93)127-84(80(115)116)43-58(101)66(86-51(3)95)74(131-84)70(107)60(103)45-91)36-39-123-83(79(113)114)42-57(100)69(89-54(6)98)77(130-83)73(110)63(48-94)128-85(81(117)118)44-59(102)67(87-52(4)96)75(132-85)71(108)61(104)46-92/h55-63,66-77,91-94,99-104,107-110H,7-50H2,1-6H3,(H,86,95)(H,87,96)(H,88,97)(H,89,98)(H,111,112)(H,113,114)(H,115,116)(H,117,118)(H,119,120)/t55-,56+,57+,58+,59+,60-,61-,62-,63-,66-,67-,68-,69-,70+,71+,72-,73-,74-,75-,76-,77-,82-,83-,84-,85-/m1/s1. The Balaban J connectivity index is 1.72. The summed E-state index contributed by atoms with van der Waals surface area (Å²) in [7, 11) is -5.36. The molecule has 4 rings (SSSR count). The number of unbranched alkanes of at least 4 members (excludes halogenated alkanes) is 24. The van der Waals surface area contributed by atoms with Crippen LogP contribution in [0.15, 0.2) is 0 Å². The van der Waals surface area contributed by atoms with Gasteiger partial charge in [-0.25, -0.2) is 23.7 Å². The van der Waals surface area contributed by atoms with Crippen LogP contribution >= 0.6 is 7.82 Å². The lowest BCUT2D eigenvalue weighted by molar-refractivity contribution is -0.346. The monoisotopic (exact) mass is 1940 g/mol. The van der Waals surface area contributed by atoms with Crippen LogP contribution in [-0.4, -0.2) is 391 Å². The first-order chi connectivity index (χ1) is 62.9. The first-order valence-corrected chi connectivity index (χ1v) is 47.7. The fourth-order valence-electron chi connectivity index (χ4n) is 16.4. The molecule has 4 amide bonds. The average Bonchev–Trinajstić information content (AvgIpc) is 0.743. The highest BCUT2D eigenvalue weighted by Crippen LogP contribution is 2.45. The Bertz CT molecular complexity index is 3380.